The molecular weight excluding hydrogens is 320 g/mol. The van der Waals surface area contributed by atoms with E-state index in [0.717, 1.165) is 11.1 Å². The normalized spacial score (nSPS) is 22.3. The Morgan fingerprint density at radius 2 is 1.39 bits per heavy atom. The monoisotopic (exact) mass is 350 g/mol. The first kappa shape index (κ1) is 17.5. The van der Waals surface area contributed by atoms with E-state index in [0.29, 0.717) is 5.88 Å². The number of alkyl halides is 1. The van der Waals surface area contributed by atoms with Crippen LogP contribution in [0.5, 0.6) is 0 Å². The number of rotatable bonds is 6. The SMILES string of the molecule is ClCC(O[SiH](C1CCCCC1)C1CCCCC1)c1ccccc1. The molecule has 1 aromatic carbocycles. The molecule has 2 fully saturated rings. The molecule has 2 saturated carbocycles. The summed E-state index contributed by atoms with van der Waals surface area (Å²) in [6.45, 7) is 0. The largest absolute Gasteiger partial charge is 0.411 e. The van der Waals surface area contributed by atoms with Crippen LogP contribution in [0.4, 0.5) is 0 Å². The smallest absolute Gasteiger partial charge is 0.184 e. The molecule has 1 unspecified atom stereocenters. The lowest BCUT2D eigenvalue weighted by atomic mass is 9.99. The Morgan fingerprint density at radius 1 is 0.870 bits per heavy atom. The second-order valence-corrected chi connectivity index (χ2v) is 10.8. The molecule has 1 aromatic rings. The molecule has 0 aliphatic heterocycles. The predicted molar refractivity (Wildman–Crippen MR) is 102 cm³/mol. The zero-order valence-corrected chi connectivity index (χ0v) is 16.2. The van der Waals surface area contributed by atoms with Crippen LogP contribution in [0, 0.1) is 0 Å². The van der Waals surface area contributed by atoms with Crippen molar-refractivity contribution in [2.75, 3.05) is 5.88 Å². The summed E-state index contributed by atoms with van der Waals surface area (Å²) in [5, 5.41) is 0. The average molecular weight is 351 g/mol. The van der Waals surface area contributed by atoms with Crippen LogP contribution in [-0.4, -0.2) is 14.9 Å². The van der Waals surface area contributed by atoms with Crippen molar-refractivity contribution < 1.29 is 4.43 Å². The quantitative estimate of drug-likeness (QED) is 0.427. The summed E-state index contributed by atoms with van der Waals surface area (Å²) in [4.78, 5) is 0. The first-order valence-electron chi connectivity index (χ1n) is 9.65. The maximum Gasteiger partial charge on any atom is 0.184 e. The van der Waals surface area contributed by atoms with Gasteiger partial charge in [0, 0.05) is 0 Å². The highest BCUT2D eigenvalue weighted by Gasteiger charge is 2.36. The van der Waals surface area contributed by atoms with Crippen molar-refractivity contribution in [2.45, 2.75) is 81.4 Å². The lowest BCUT2D eigenvalue weighted by Gasteiger charge is -2.38. The Labute approximate surface area is 148 Å². The molecule has 128 valence electrons. The second-order valence-electron chi connectivity index (χ2n) is 7.45. The fourth-order valence-corrected chi connectivity index (χ4v) is 9.07. The zero-order valence-electron chi connectivity index (χ0n) is 14.3. The third kappa shape index (κ3) is 4.84. The van der Waals surface area contributed by atoms with E-state index in [9.17, 15) is 0 Å². The summed E-state index contributed by atoms with van der Waals surface area (Å²) in [5.74, 6) is 0.590. The molecule has 1 atom stereocenters. The highest BCUT2D eigenvalue weighted by atomic mass is 35.5. The Hall–Kier alpha value is -0.313. The molecule has 3 rings (SSSR count). The van der Waals surface area contributed by atoms with Gasteiger partial charge in [-0.05, 0) is 16.6 Å². The maximum absolute atomic E-state index is 6.87. The molecule has 0 bridgehead atoms. The Kier molecular flexibility index (Phi) is 7.04. The number of hydrogen-bond donors (Lipinski definition) is 0. The lowest BCUT2D eigenvalue weighted by molar-refractivity contribution is 0.207. The van der Waals surface area contributed by atoms with Crippen molar-refractivity contribution in [3.63, 3.8) is 0 Å². The van der Waals surface area contributed by atoms with Gasteiger partial charge in [-0.1, -0.05) is 94.5 Å². The van der Waals surface area contributed by atoms with Gasteiger partial charge in [0.1, 0.15) is 0 Å². The molecule has 0 spiro atoms. The van der Waals surface area contributed by atoms with Gasteiger partial charge in [0.15, 0.2) is 9.04 Å². The summed E-state index contributed by atoms with van der Waals surface area (Å²) in [7, 11) is -1.23. The first-order chi connectivity index (χ1) is 11.4. The predicted octanol–water partition coefficient (Wildman–Crippen LogP) is 6.38. The minimum Gasteiger partial charge on any atom is -0.411 e. The van der Waals surface area contributed by atoms with Gasteiger partial charge in [-0.3, -0.25) is 0 Å². The minimum atomic E-state index is -1.23. The van der Waals surface area contributed by atoms with Crippen LogP contribution in [0.2, 0.25) is 11.1 Å². The maximum atomic E-state index is 6.87. The Morgan fingerprint density at radius 3 is 1.87 bits per heavy atom. The van der Waals surface area contributed by atoms with Gasteiger partial charge >= 0.3 is 0 Å². The highest BCUT2D eigenvalue weighted by molar-refractivity contribution is 6.55. The Balaban J connectivity index is 1.73. The van der Waals surface area contributed by atoms with Gasteiger partial charge in [0.2, 0.25) is 0 Å². The topological polar surface area (TPSA) is 9.23 Å². The molecular formula is C20H31ClOSi. The zero-order chi connectivity index (χ0) is 15.9. The molecule has 0 heterocycles. The minimum absolute atomic E-state index is 0.110. The van der Waals surface area contributed by atoms with Gasteiger partial charge in [-0.25, -0.2) is 0 Å². The van der Waals surface area contributed by atoms with Crippen LogP contribution >= 0.6 is 11.6 Å². The summed E-state index contributed by atoms with van der Waals surface area (Å²) in [6.07, 6.45) is 14.3. The van der Waals surface area contributed by atoms with Crippen LogP contribution in [0.15, 0.2) is 30.3 Å². The van der Waals surface area contributed by atoms with E-state index >= 15 is 0 Å². The van der Waals surface area contributed by atoms with Crippen LogP contribution in [0.25, 0.3) is 0 Å². The van der Waals surface area contributed by atoms with Gasteiger partial charge in [0.25, 0.3) is 0 Å². The van der Waals surface area contributed by atoms with Crippen molar-refractivity contribution in [2.24, 2.45) is 0 Å². The van der Waals surface area contributed by atoms with E-state index in [1.54, 1.807) is 0 Å². The van der Waals surface area contributed by atoms with Crippen molar-refractivity contribution in [1.82, 2.24) is 0 Å². The van der Waals surface area contributed by atoms with Crippen LogP contribution in [0.3, 0.4) is 0 Å². The molecule has 3 heteroatoms. The molecule has 2 aliphatic rings. The van der Waals surface area contributed by atoms with Crippen molar-refractivity contribution >= 4 is 20.6 Å². The third-order valence-electron chi connectivity index (χ3n) is 5.86. The summed E-state index contributed by atoms with van der Waals surface area (Å²) in [5.41, 5.74) is 3.05. The number of halogens is 1. The van der Waals surface area contributed by atoms with Gasteiger partial charge < -0.3 is 4.43 Å². The van der Waals surface area contributed by atoms with E-state index < -0.39 is 9.04 Å². The van der Waals surface area contributed by atoms with Crippen LogP contribution in [0.1, 0.15) is 75.9 Å². The molecule has 0 N–H and O–H groups in total. The average Bonchev–Trinajstić information content (AvgIpc) is 2.65. The first-order valence-corrected chi connectivity index (χ1v) is 12.0. The van der Waals surface area contributed by atoms with E-state index in [4.69, 9.17) is 16.0 Å². The highest BCUT2D eigenvalue weighted by Crippen LogP contribution is 2.43. The summed E-state index contributed by atoms with van der Waals surface area (Å²) < 4.78 is 6.87. The van der Waals surface area contributed by atoms with Crippen molar-refractivity contribution in [3.8, 4) is 0 Å². The molecule has 23 heavy (non-hydrogen) atoms. The second kappa shape index (κ2) is 9.24. The fourth-order valence-electron chi connectivity index (χ4n) is 4.59. The van der Waals surface area contributed by atoms with Gasteiger partial charge in [-0.15, -0.1) is 11.6 Å². The molecule has 0 amide bonds. The summed E-state index contributed by atoms with van der Waals surface area (Å²) >= 11 is 6.32. The molecule has 2 aliphatic carbocycles. The molecule has 0 saturated heterocycles. The Bertz CT molecular complexity index is 422. The van der Waals surface area contributed by atoms with Gasteiger partial charge in [0.05, 0.1) is 12.0 Å². The summed E-state index contributed by atoms with van der Waals surface area (Å²) in [6, 6.07) is 10.7. The van der Waals surface area contributed by atoms with Crippen LogP contribution < -0.4 is 0 Å². The number of hydrogen-bond acceptors (Lipinski definition) is 1. The van der Waals surface area contributed by atoms with E-state index in [1.165, 1.54) is 69.8 Å². The molecule has 1 nitrogen and oxygen atoms in total. The van der Waals surface area contributed by atoms with E-state index in [-0.39, 0.29) is 6.10 Å². The van der Waals surface area contributed by atoms with Crippen molar-refractivity contribution in [1.29, 1.82) is 0 Å². The molecule has 0 aromatic heterocycles. The van der Waals surface area contributed by atoms with E-state index in [2.05, 4.69) is 30.3 Å². The van der Waals surface area contributed by atoms with E-state index in [1.807, 2.05) is 0 Å². The lowest BCUT2D eigenvalue weighted by Crippen LogP contribution is -2.35. The third-order valence-corrected chi connectivity index (χ3v) is 9.98. The molecule has 0 radical (unpaired) electrons. The fraction of sp³-hybridized carbons (Fsp3) is 0.700. The van der Waals surface area contributed by atoms with Crippen LogP contribution in [-0.2, 0) is 4.43 Å². The standard InChI is InChI=1S/C20H31ClOSi/c21-16-20(17-10-4-1-5-11-17)22-23(18-12-6-2-7-13-18)19-14-8-3-9-15-19/h1,4-5,10-11,18-20,23H,2-3,6-9,12-16H2. The number of benzene rings is 1. The van der Waals surface area contributed by atoms with Gasteiger partial charge in [-0.2, -0.15) is 0 Å². The van der Waals surface area contributed by atoms with Crippen molar-refractivity contribution in [3.05, 3.63) is 35.9 Å².